The molecule has 204 valence electrons. The summed E-state index contributed by atoms with van der Waals surface area (Å²) in [4.78, 5) is 55.3. The van der Waals surface area contributed by atoms with Crippen LogP contribution >= 0.6 is 0 Å². The number of pyridine rings is 2. The van der Waals surface area contributed by atoms with Gasteiger partial charge in [-0.3, -0.25) is 19.2 Å². The SMILES string of the molecule is CCc1c2c(nc3ccc(OC(=O)CCCC(=O)C(C)C)cc13)-c1cc3c(c(=O)n1C2)CCC(=O)[C@]3(O)CC. The van der Waals surface area contributed by atoms with Crippen LogP contribution in [0.2, 0.25) is 0 Å². The number of nitrogens with zero attached hydrogens (tertiary/aromatic N) is 2. The normalized spacial score (nSPS) is 17.7. The van der Waals surface area contributed by atoms with Gasteiger partial charge >= 0.3 is 5.97 Å². The van der Waals surface area contributed by atoms with Gasteiger partial charge in [-0.05, 0) is 55.5 Å². The highest BCUT2D eigenvalue weighted by Crippen LogP contribution is 2.41. The van der Waals surface area contributed by atoms with Gasteiger partial charge in [0.1, 0.15) is 17.1 Å². The molecule has 2 aromatic heterocycles. The zero-order valence-corrected chi connectivity index (χ0v) is 22.9. The number of aromatic nitrogens is 2. The second kappa shape index (κ2) is 10.2. The van der Waals surface area contributed by atoms with Crippen molar-refractivity contribution in [1.29, 1.82) is 0 Å². The molecular weight excluding hydrogens is 496 g/mol. The van der Waals surface area contributed by atoms with Crippen molar-refractivity contribution in [2.24, 2.45) is 5.92 Å². The van der Waals surface area contributed by atoms with Crippen LogP contribution in [-0.4, -0.2) is 32.2 Å². The molecule has 39 heavy (non-hydrogen) atoms. The van der Waals surface area contributed by atoms with E-state index in [2.05, 4.69) is 0 Å². The van der Waals surface area contributed by atoms with Gasteiger partial charge in [0.15, 0.2) is 5.78 Å². The Kier molecular flexibility index (Phi) is 7.01. The van der Waals surface area contributed by atoms with E-state index in [1.807, 2.05) is 26.8 Å². The summed E-state index contributed by atoms with van der Waals surface area (Å²) in [6.07, 6.45) is 2.32. The predicted octanol–water partition coefficient (Wildman–Crippen LogP) is 4.40. The van der Waals surface area contributed by atoms with Crippen molar-refractivity contribution in [3.63, 3.8) is 0 Å². The first kappa shape index (κ1) is 26.9. The van der Waals surface area contributed by atoms with Crippen molar-refractivity contribution in [1.82, 2.24) is 9.55 Å². The summed E-state index contributed by atoms with van der Waals surface area (Å²) in [6, 6.07) is 7.08. The Bertz CT molecular complexity index is 1580. The number of hydrogen-bond donors (Lipinski definition) is 1. The van der Waals surface area contributed by atoms with Crippen LogP contribution in [-0.2, 0) is 39.4 Å². The summed E-state index contributed by atoms with van der Waals surface area (Å²) >= 11 is 0. The topological polar surface area (TPSA) is 116 Å². The van der Waals surface area contributed by atoms with E-state index in [0.717, 1.165) is 16.5 Å². The zero-order valence-electron chi connectivity index (χ0n) is 22.9. The fourth-order valence-corrected chi connectivity index (χ4v) is 5.87. The summed E-state index contributed by atoms with van der Waals surface area (Å²) < 4.78 is 7.28. The number of ketones is 2. The first-order valence-electron chi connectivity index (χ1n) is 13.8. The number of hydrogen-bond acceptors (Lipinski definition) is 7. The third kappa shape index (κ3) is 4.50. The number of carbonyl (C=O) groups excluding carboxylic acids is 3. The van der Waals surface area contributed by atoms with E-state index in [1.54, 1.807) is 29.7 Å². The van der Waals surface area contributed by atoms with Gasteiger partial charge < -0.3 is 14.4 Å². The predicted molar refractivity (Wildman–Crippen MR) is 147 cm³/mol. The minimum atomic E-state index is -1.66. The Morgan fingerprint density at radius 2 is 1.87 bits per heavy atom. The minimum Gasteiger partial charge on any atom is -0.427 e. The Morgan fingerprint density at radius 3 is 2.56 bits per heavy atom. The molecule has 0 bridgehead atoms. The molecule has 0 amide bonds. The van der Waals surface area contributed by atoms with Crippen LogP contribution in [0.25, 0.3) is 22.3 Å². The standard InChI is InChI=1S/C31H34N2O6/c1-5-19-21-14-18(39-28(36)9-7-8-26(34)17(3)4)10-12-24(21)32-29-22(19)16-33-25(29)15-23-20(30(33)37)11-13-27(35)31(23,38)6-2/h10,12,14-15,17,38H,5-9,11,13,16H2,1-4H3/t31-/m0/s1. The van der Waals surface area contributed by atoms with Gasteiger partial charge in [0.2, 0.25) is 0 Å². The van der Waals surface area contributed by atoms with Crippen LogP contribution in [0.3, 0.4) is 0 Å². The maximum absolute atomic E-state index is 13.6. The molecule has 0 fully saturated rings. The Balaban J connectivity index is 1.50. The Morgan fingerprint density at radius 1 is 1.10 bits per heavy atom. The van der Waals surface area contributed by atoms with Crippen LogP contribution in [0.15, 0.2) is 29.1 Å². The second-order valence-electron chi connectivity index (χ2n) is 10.8. The van der Waals surface area contributed by atoms with E-state index in [9.17, 15) is 24.3 Å². The molecule has 0 saturated carbocycles. The maximum atomic E-state index is 13.6. The molecule has 8 heteroatoms. The van der Waals surface area contributed by atoms with Gasteiger partial charge in [0, 0.05) is 47.3 Å². The molecule has 0 unspecified atom stereocenters. The number of ether oxygens (including phenoxy) is 1. The van der Waals surface area contributed by atoms with Crippen LogP contribution in [0.4, 0.5) is 0 Å². The van der Waals surface area contributed by atoms with Crippen molar-refractivity contribution < 1.29 is 24.2 Å². The Labute approximate surface area is 227 Å². The van der Waals surface area contributed by atoms with Gasteiger partial charge in [-0.1, -0.05) is 27.7 Å². The molecule has 1 aliphatic heterocycles. The smallest absolute Gasteiger partial charge is 0.311 e. The van der Waals surface area contributed by atoms with E-state index in [-0.39, 0.29) is 48.3 Å². The average Bonchev–Trinajstić information content (AvgIpc) is 3.28. The lowest BCUT2D eigenvalue weighted by molar-refractivity contribution is -0.140. The van der Waals surface area contributed by atoms with Crippen molar-refractivity contribution in [2.75, 3.05) is 0 Å². The monoisotopic (exact) mass is 530 g/mol. The number of aryl methyl sites for hydroxylation is 1. The van der Waals surface area contributed by atoms with Gasteiger partial charge in [-0.2, -0.15) is 0 Å². The lowest BCUT2D eigenvalue weighted by Gasteiger charge is -2.32. The van der Waals surface area contributed by atoms with Crippen LogP contribution in [0.5, 0.6) is 5.75 Å². The molecule has 0 radical (unpaired) electrons. The van der Waals surface area contributed by atoms with E-state index in [4.69, 9.17) is 9.72 Å². The molecule has 0 spiro atoms. The summed E-state index contributed by atoms with van der Waals surface area (Å²) in [5, 5.41) is 12.1. The number of benzene rings is 1. The van der Waals surface area contributed by atoms with E-state index < -0.39 is 5.60 Å². The largest absolute Gasteiger partial charge is 0.427 e. The molecule has 8 nitrogen and oxygen atoms in total. The number of Topliss-reactive ketones (excluding diaryl/α,β-unsaturated/α-hetero) is 2. The lowest BCUT2D eigenvalue weighted by atomic mass is 9.77. The fraction of sp³-hybridized carbons (Fsp3) is 0.452. The molecule has 1 aromatic carbocycles. The number of carbonyl (C=O) groups is 3. The maximum Gasteiger partial charge on any atom is 0.311 e. The van der Waals surface area contributed by atoms with Crippen LogP contribution in [0, 0.1) is 5.92 Å². The highest BCUT2D eigenvalue weighted by Gasteiger charge is 2.43. The number of esters is 1. The molecule has 1 atom stereocenters. The van der Waals surface area contributed by atoms with E-state index in [1.165, 1.54) is 0 Å². The Hall–Kier alpha value is -3.65. The average molecular weight is 531 g/mol. The third-order valence-corrected chi connectivity index (χ3v) is 8.19. The van der Waals surface area contributed by atoms with Crippen molar-refractivity contribution in [3.8, 4) is 17.1 Å². The van der Waals surface area contributed by atoms with Gasteiger partial charge in [-0.15, -0.1) is 0 Å². The van der Waals surface area contributed by atoms with Gasteiger partial charge in [-0.25, -0.2) is 4.98 Å². The molecule has 2 aliphatic rings. The molecule has 3 heterocycles. The van der Waals surface area contributed by atoms with Crippen molar-refractivity contribution in [3.05, 3.63) is 56.9 Å². The first-order valence-corrected chi connectivity index (χ1v) is 13.8. The van der Waals surface area contributed by atoms with Crippen molar-refractivity contribution >= 4 is 28.4 Å². The summed E-state index contributed by atoms with van der Waals surface area (Å²) in [7, 11) is 0. The molecule has 3 aromatic rings. The van der Waals surface area contributed by atoms with E-state index >= 15 is 0 Å². The molecule has 5 rings (SSSR count). The fourth-order valence-electron chi connectivity index (χ4n) is 5.87. The quantitative estimate of drug-likeness (QED) is 0.265. The van der Waals surface area contributed by atoms with Crippen molar-refractivity contribution in [2.45, 2.75) is 84.8 Å². The highest BCUT2D eigenvalue weighted by molar-refractivity contribution is 5.92. The minimum absolute atomic E-state index is 0.0454. The molecule has 0 saturated heterocycles. The molecular formula is C31H34N2O6. The van der Waals surface area contributed by atoms with E-state index in [0.29, 0.717) is 66.0 Å². The summed E-state index contributed by atoms with van der Waals surface area (Å²) in [5.41, 5.74) is 2.99. The van der Waals surface area contributed by atoms with Gasteiger partial charge in [0.25, 0.3) is 5.56 Å². The molecule has 1 aliphatic carbocycles. The molecule has 1 N–H and O–H groups in total. The third-order valence-electron chi connectivity index (χ3n) is 8.19. The number of aliphatic hydroxyl groups is 1. The number of rotatable bonds is 8. The second-order valence-corrected chi connectivity index (χ2v) is 10.8. The zero-order chi connectivity index (χ0) is 28.1. The lowest BCUT2D eigenvalue weighted by Crippen LogP contribution is -2.43. The van der Waals surface area contributed by atoms with Crippen LogP contribution in [0.1, 0.15) is 82.1 Å². The number of fused-ring (bicyclic) bond motifs is 5. The van der Waals surface area contributed by atoms with Gasteiger partial charge in [0.05, 0.1) is 23.4 Å². The summed E-state index contributed by atoms with van der Waals surface area (Å²) in [6.45, 7) is 7.84. The van der Waals surface area contributed by atoms with Crippen LogP contribution < -0.4 is 10.3 Å². The highest BCUT2D eigenvalue weighted by atomic mass is 16.5. The first-order chi connectivity index (χ1) is 18.6. The summed E-state index contributed by atoms with van der Waals surface area (Å²) in [5.74, 6) is -0.146.